The number of nitrogens with zero attached hydrogens (tertiary/aromatic N) is 5. The number of aromatic nitrogens is 5. The topological polar surface area (TPSA) is 85.6 Å². The number of pyridine rings is 1. The second-order valence-electron chi connectivity index (χ2n) is 5.61. The molecule has 0 bridgehead atoms. The van der Waals surface area contributed by atoms with Gasteiger partial charge in [0.1, 0.15) is 5.51 Å². The lowest BCUT2D eigenvalue weighted by Gasteiger charge is -2.12. The molecular formula is C15H13F3N6OS. The predicted octanol–water partition coefficient (Wildman–Crippen LogP) is 3.51. The van der Waals surface area contributed by atoms with Crippen LogP contribution in [0.4, 0.5) is 18.3 Å². The highest BCUT2D eigenvalue weighted by Crippen LogP contribution is 2.29. The fourth-order valence-corrected chi connectivity index (χ4v) is 2.78. The van der Waals surface area contributed by atoms with E-state index in [4.69, 9.17) is 0 Å². The number of rotatable bonds is 4. The molecule has 0 radical (unpaired) electrons. The molecule has 3 heterocycles. The van der Waals surface area contributed by atoms with Gasteiger partial charge in [0, 0.05) is 6.20 Å². The summed E-state index contributed by atoms with van der Waals surface area (Å²) in [6.07, 6.45) is -2.38. The molecule has 7 nitrogen and oxygen atoms in total. The van der Waals surface area contributed by atoms with E-state index in [-0.39, 0.29) is 17.3 Å². The highest BCUT2D eigenvalue weighted by atomic mass is 32.1. The van der Waals surface area contributed by atoms with Crippen LogP contribution in [-0.2, 0) is 6.18 Å². The van der Waals surface area contributed by atoms with Gasteiger partial charge in [-0.1, -0.05) is 25.2 Å². The Balaban J connectivity index is 1.96. The van der Waals surface area contributed by atoms with Crippen LogP contribution >= 0.6 is 11.3 Å². The Labute approximate surface area is 149 Å². The zero-order chi connectivity index (χ0) is 18.9. The summed E-state index contributed by atoms with van der Waals surface area (Å²) in [6, 6.07) is 2.14. The van der Waals surface area contributed by atoms with Gasteiger partial charge < -0.3 is 0 Å². The van der Waals surface area contributed by atoms with E-state index in [0.29, 0.717) is 10.8 Å². The first-order valence-electron chi connectivity index (χ1n) is 7.46. The fourth-order valence-electron chi connectivity index (χ4n) is 2.34. The van der Waals surface area contributed by atoms with Crippen molar-refractivity contribution in [2.75, 3.05) is 5.32 Å². The number of carbonyl (C=O) groups excluding carboxylic acids is 1. The highest BCUT2D eigenvalue weighted by molar-refractivity contribution is 7.13. The van der Waals surface area contributed by atoms with Crippen LogP contribution in [0, 0.1) is 0 Å². The van der Waals surface area contributed by atoms with E-state index in [2.05, 4.69) is 25.6 Å². The maximum Gasteiger partial charge on any atom is 0.417 e. The molecule has 0 fully saturated rings. The molecule has 1 amide bonds. The molecule has 0 aliphatic carbocycles. The van der Waals surface area contributed by atoms with Gasteiger partial charge in [0.05, 0.1) is 23.0 Å². The number of nitrogens with one attached hydrogen (secondary N) is 1. The van der Waals surface area contributed by atoms with E-state index in [9.17, 15) is 18.0 Å². The summed E-state index contributed by atoms with van der Waals surface area (Å²) < 4.78 is 39.4. The van der Waals surface area contributed by atoms with E-state index in [0.717, 1.165) is 12.3 Å². The third kappa shape index (κ3) is 3.57. The van der Waals surface area contributed by atoms with Crippen molar-refractivity contribution in [2.45, 2.75) is 25.9 Å². The molecule has 0 unspecified atom stereocenters. The number of amides is 1. The molecular weight excluding hydrogens is 369 g/mol. The van der Waals surface area contributed by atoms with Crippen molar-refractivity contribution in [1.82, 2.24) is 25.0 Å². The maximum absolute atomic E-state index is 12.7. The van der Waals surface area contributed by atoms with Gasteiger partial charge in [0.15, 0.2) is 5.82 Å². The van der Waals surface area contributed by atoms with Crippen molar-refractivity contribution in [2.24, 2.45) is 0 Å². The predicted molar refractivity (Wildman–Crippen MR) is 88.3 cm³/mol. The molecule has 26 heavy (non-hydrogen) atoms. The molecule has 0 aliphatic rings. The van der Waals surface area contributed by atoms with Crippen LogP contribution in [0.3, 0.4) is 0 Å². The molecule has 0 saturated carbocycles. The number of alkyl halides is 3. The maximum atomic E-state index is 12.7. The van der Waals surface area contributed by atoms with Gasteiger partial charge in [-0.15, -0.1) is 10.2 Å². The van der Waals surface area contributed by atoms with Gasteiger partial charge in [-0.3, -0.25) is 10.1 Å². The van der Waals surface area contributed by atoms with Crippen LogP contribution in [0.1, 0.15) is 41.4 Å². The monoisotopic (exact) mass is 382 g/mol. The molecule has 3 aromatic heterocycles. The minimum Gasteiger partial charge on any atom is -0.296 e. The second-order valence-corrected chi connectivity index (χ2v) is 6.44. The van der Waals surface area contributed by atoms with Gasteiger partial charge in [-0.25, -0.2) is 9.67 Å². The first kappa shape index (κ1) is 18.0. The highest BCUT2D eigenvalue weighted by Gasteiger charge is 2.31. The summed E-state index contributed by atoms with van der Waals surface area (Å²) in [7, 11) is 0. The number of carbonyl (C=O) groups is 1. The average molecular weight is 382 g/mol. The summed E-state index contributed by atoms with van der Waals surface area (Å²) in [5, 5.41) is 14.5. The van der Waals surface area contributed by atoms with Gasteiger partial charge >= 0.3 is 6.18 Å². The third-order valence-electron chi connectivity index (χ3n) is 3.47. The van der Waals surface area contributed by atoms with E-state index < -0.39 is 17.6 Å². The number of halogens is 3. The first-order valence-corrected chi connectivity index (χ1v) is 8.34. The molecule has 0 spiro atoms. The molecule has 1 N–H and O–H groups in total. The smallest absolute Gasteiger partial charge is 0.296 e. The van der Waals surface area contributed by atoms with Gasteiger partial charge in [0.25, 0.3) is 5.91 Å². The zero-order valence-corrected chi connectivity index (χ0v) is 14.5. The van der Waals surface area contributed by atoms with E-state index in [1.165, 1.54) is 33.8 Å². The van der Waals surface area contributed by atoms with Crippen molar-refractivity contribution in [3.8, 4) is 5.82 Å². The normalized spacial score (nSPS) is 11.8. The summed E-state index contributed by atoms with van der Waals surface area (Å²) in [4.78, 5) is 16.3. The Morgan fingerprint density at radius 2 is 2.04 bits per heavy atom. The molecule has 11 heteroatoms. The summed E-state index contributed by atoms with van der Waals surface area (Å²) in [5.41, 5.74) is 1.44. The molecule has 0 saturated heterocycles. The lowest BCUT2D eigenvalue weighted by molar-refractivity contribution is -0.137. The molecule has 0 aromatic carbocycles. The van der Waals surface area contributed by atoms with E-state index in [1.54, 1.807) is 0 Å². The van der Waals surface area contributed by atoms with Crippen LogP contribution in [0.15, 0.2) is 30.0 Å². The van der Waals surface area contributed by atoms with Crippen LogP contribution in [0.25, 0.3) is 5.82 Å². The SMILES string of the molecule is CC(C)c1c(C(=O)Nc2nncs2)cnn1-c1ccc(C(F)(F)F)cn1. The lowest BCUT2D eigenvalue weighted by atomic mass is 10.1. The Hall–Kier alpha value is -2.82. The van der Waals surface area contributed by atoms with Gasteiger partial charge in [-0.2, -0.15) is 18.3 Å². The Bertz CT molecular complexity index is 903. The number of anilines is 1. The van der Waals surface area contributed by atoms with E-state index >= 15 is 0 Å². The Morgan fingerprint density at radius 1 is 1.27 bits per heavy atom. The van der Waals surface area contributed by atoms with E-state index in [1.807, 2.05) is 13.8 Å². The molecule has 0 atom stereocenters. The lowest BCUT2D eigenvalue weighted by Crippen LogP contribution is -2.16. The van der Waals surface area contributed by atoms with Crippen LogP contribution < -0.4 is 5.32 Å². The number of hydrogen-bond donors (Lipinski definition) is 1. The minimum absolute atomic E-state index is 0.128. The third-order valence-corrected chi connectivity index (χ3v) is 4.08. The zero-order valence-electron chi connectivity index (χ0n) is 13.7. The molecule has 136 valence electrons. The Kier molecular flexibility index (Phi) is 4.72. The number of hydrogen-bond acceptors (Lipinski definition) is 6. The molecule has 3 rings (SSSR count). The van der Waals surface area contributed by atoms with Crippen LogP contribution in [-0.4, -0.2) is 30.9 Å². The average Bonchev–Trinajstić information content (AvgIpc) is 3.23. The van der Waals surface area contributed by atoms with Crippen LogP contribution in [0.2, 0.25) is 0 Å². The summed E-state index contributed by atoms with van der Waals surface area (Å²) in [6.45, 7) is 3.69. The van der Waals surface area contributed by atoms with Gasteiger partial charge in [0.2, 0.25) is 5.13 Å². The van der Waals surface area contributed by atoms with Crippen molar-refractivity contribution in [3.05, 3.63) is 46.9 Å². The van der Waals surface area contributed by atoms with Crippen molar-refractivity contribution >= 4 is 22.4 Å². The molecule has 3 aromatic rings. The van der Waals surface area contributed by atoms with Gasteiger partial charge in [-0.05, 0) is 18.1 Å². The summed E-state index contributed by atoms with van der Waals surface area (Å²) >= 11 is 1.17. The summed E-state index contributed by atoms with van der Waals surface area (Å²) in [5.74, 6) is -0.364. The Morgan fingerprint density at radius 3 is 2.58 bits per heavy atom. The molecule has 0 aliphatic heterocycles. The standard InChI is InChI=1S/C15H13F3N6OS/c1-8(2)12-10(13(25)22-14-23-20-7-26-14)6-21-24(12)11-4-3-9(5-19-11)15(16,17)18/h3-8H,1-2H3,(H,22,23,25). The fraction of sp³-hybridized carbons (Fsp3) is 0.267. The van der Waals surface area contributed by atoms with Crippen molar-refractivity contribution in [3.63, 3.8) is 0 Å². The largest absolute Gasteiger partial charge is 0.417 e. The quantitative estimate of drug-likeness (QED) is 0.746. The van der Waals surface area contributed by atoms with Crippen molar-refractivity contribution in [1.29, 1.82) is 0 Å². The van der Waals surface area contributed by atoms with Crippen LogP contribution in [0.5, 0.6) is 0 Å². The first-order chi connectivity index (χ1) is 12.3. The minimum atomic E-state index is -4.47. The van der Waals surface area contributed by atoms with Crippen molar-refractivity contribution < 1.29 is 18.0 Å². The second kappa shape index (κ2) is 6.83.